The maximum absolute atomic E-state index is 13.4. The van der Waals surface area contributed by atoms with E-state index in [0.717, 1.165) is 11.1 Å². The Morgan fingerprint density at radius 2 is 1.83 bits per heavy atom. The number of urea groups is 1. The average Bonchev–Trinajstić information content (AvgIpc) is 3.37. The van der Waals surface area contributed by atoms with Crippen LogP contribution in [0.1, 0.15) is 30.0 Å². The van der Waals surface area contributed by atoms with Crippen LogP contribution in [-0.4, -0.2) is 28.2 Å². The summed E-state index contributed by atoms with van der Waals surface area (Å²) >= 11 is 0. The Balaban J connectivity index is 1.58. The molecule has 0 bridgehead atoms. The molecule has 1 N–H and O–H groups in total. The van der Waals surface area contributed by atoms with Gasteiger partial charge in [-0.2, -0.15) is 4.98 Å². The monoisotopic (exact) mass is 470 g/mol. The van der Waals surface area contributed by atoms with Crippen molar-refractivity contribution in [3.8, 4) is 17.1 Å². The molecule has 2 amide bonds. The molecule has 0 aliphatic carbocycles. The lowest BCUT2D eigenvalue weighted by Crippen LogP contribution is -2.45. The van der Waals surface area contributed by atoms with Gasteiger partial charge in [-0.1, -0.05) is 47.6 Å². The van der Waals surface area contributed by atoms with E-state index in [2.05, 4.69) is 15.5 Å². The number of nitrogens with zero attached hydrogens (tertiary/aromatic N) is 3. The number of benzene rings is 3. The first kappa shape index (κ1) is 22.3. The summed E-state index contributed by atoms with van der Waals surface area (Å²) in [4.78, 5) is 19.5. The molecule has 176 valence electrons. The third-order valence-electron chi connectivity index (χ3n) is 5.96. The Bertz CT molecular complexity index is 1380. The number of halogens is 1. The summed E-state index contributed by atoms with van der Waals surface area (Å²) in [6.07, 6.45) is 0. The van der Waals surface area contributed by atoms with Crippen molar-refractivity contribution in [3.63, 3.8) is 0 Å². The lowest BCUT2D eigenvalue weighted by atomic mass is 9.94. The van der Waals surface area contributed by atoms with Gasteiger partial charge < -0.3 is 14.6 Å². The highest BCUT2D eigenvalue weighted by atomic mass is 19.1. The number of rotatable bonds is 6. The fourth-order valence-corrected chi connectivity index (χ4v) is 4.15. The highest BCUT2D eigenvalue weighted by molar-refractivity contribution is 5.86. The number of amides is 2. The van der Waals surface area contributed by atoms with Crippen LogP contribution in [0, 0.1) is 5.82 Å². The van der Waals surface area contributed by atoms with Gasteiger partial charge in [0.15, 0.2) is 0 Å². The summed E-state index contributed by atoms with van der Waals surface area (Å²) in [7, 11) is 1.61. The summed E-state index contributed by atoms with van der Waals surface area (Å²) < 4.78 is 24.4. The number of hydrogen-bond acceptors (Lipinski definition) is 5. The summed E-state index contributed by atoms with van der Waals surface area (Å²) in [6, 6.07) is 22.4. The summed E-state index contributed by atoms with van der Waals surface area (Å²) in [5.41, 5.74) is 3.81. The van der Waals surface area contributed by atoms with Crippen LogP contribution < -0.4 is 10.1 Å². The maximum atomic E-state index is 13.4. The number of methoxy groups -OCH3 is 1. The van der Waals surface area contributed by atoms with Crippen LogP contribution in [0.2, 0.25) is 0 Å². The highest BCUT2D eigenvalue weighted by Gasteiger charge is 2.35. The molecule has 1 atom stereocenters. The van der Waals surface area contributed by atoms with Gasteiger partial charge in [0.25, 0.3) is 5.89 Å². The first-order chi connectivity index (χ1) is 17.0. The molecule has 3 aromatic carbocycles. The number of carbonyl (C=O) groups excluding carboxylic acids is 1. The molecule has 4 aromatic rings. The molecule has 8 heteroatoms. The highest BCUT2D eigenvalue weighted by Crippen LogP contribution is 2.38. The molecule has 1 aliphatic rings. The SMILES string of the molecule is COc1cccc(CN2C(=O)NC(c3ccccc3)C(c3nc(-c4ccc(F)cc4)no3)=C2C)c1. The molecule has 0 fully saturated rings. The zero-order valence-corrected chi connectivity index (χ0v) is 19.2. The topological polar surface area (TPSA) is 80.5 Å². The van der Waals surface area contributed by atoms with E-state index >= 15 is 0 Å². The molecule has 2 heterocycles. The Morgan fingerprint density at radius 3 is 2.57 bits per heavy atom. The molecule has 5 rings (SSSR count). The van der Waals surface area contributed by atoms with Gasteiger partial charge in [0.2, 0.25) is 5.82 Å². The number of aromatic nitrogens is 2. The Kier molecular flexibility index (Phi) is 6.01. The largest absolute Gasteiger partial charge is 0.497 e. The van der Waals surface area contributed by atoms with Crippen LogP contribution in [0.4, 0.5) is 9.18 Å². The molecule has 35 heavy (non-hydrogen) atoms. The molecular weight excluding hydrogens is 447 g/mol. The van der Waals surface area contributed by atoms with E-state index in [0.29, 0.717) is 35.0 Å². The number of hydrogen-bond donors (Lipinski definition) is 1. The molecule has 0 spiro atoms. The Labute approximate surface area is 201 Å². The quantitative estimate of drug-likeness (QED) is 0.398. The van der Waals surface area contributed by atoms with E-state index in [-0.39, 0.29) is 17.7 Å². The van der Waals surface area contributed by atoms with Crippen LogP contribution in [0.5, 0.6) is 5.75 Å². The van der Waals surface area contributed by atoms with E-state index in [4.69, 9.17) is 9.26 Å². The van der Waals surface area contributed by atoms with Gasteiger partial charge in [-0.15, -0.1) is 0 Å². The van der Waals surface area contributed by atoms with Gasteiger partial charge in [0, 0.05) is 11.3 Å². The fourth-order valence-electron chi connectivity index (χ4n) is 4.15. The maximum Gasteiger partial charge on any atom is 0.322 e. The average molecular weight is 471 g/mol. The summed E-state index contributed by atoms with van der Waals surface area (Å²) in [5, 5.41) is 7.20. The molecule has 0 radical (unpaired) electrons. The van der Waals surface area contributed by atoms with Crippen molar-refractivity contribution < 1.29 is 18.4 Å². The Hall–Kier alpha value is -4.46. The van der Waals surface area contributed by atoms with Crippen LogP contribution in [0.3, 0.4) is 0 Å². The third kappa shape index (κ3) is 4.50. The van der Waals surface area contributed by atoms with Crippen molar-refractivity contribution in [1.29, 1.82) is 0 Å². The third-order valence-corrected chi connectivity index (χ3v) is 5.96. The minimum Gasteiger partial charge on any atom is -0.497 e. The zero-order chi connectivity index (χ0) is 24.4. The van der Waals surface area contributed by atoms with Crippen molar-refractivity contribution in [1.82, 2.24) is 20.4 Å². The lowest BCUT2D eigenvalue weighted by Gasteiger charge is -2.35. The normalized spacial score (nSPS) is 15.8. The van der Waals surface area contributed by atoms with Gasteiger partial charge in [-0.25, -0.2) is 9.18 Å². The van der Waals surface area contributed by atoms with Gasteiger partial charge >= 0.3 is 6.03 Å². The summed E-state index contributed by atoms with van der Waals surface area (Å²) in [5.74, 6) is 0.989. The lowest BCUT2D eigenvalue weighted by molar-refractivity contribution is 0.203. The Morgan fingerprint density at radius 1 is 1.06 bits per heavy atom. The van der Waals surface area contributed by atoms with Crippen molar-refractivity contribution in [2.75, 3.05) is 7.11 Å². The first-order valence-electron chi connectivity index (χ1n) is 11.1. The van der Waals surface area contributed by atoms with Crippen molar-refractivity contribution in [2.24, 2.45) is 0 Å². The standard InChI is InChI=1S/C27H23FN4O3/c1-17-23(26-30-25(31-35-26)20-11-13-21(28)14-12-20)24(19-8-4-3-5-9-19)29-27(33)32(17)16-18-7-6-10-22(15-18)34-2/h3-15,24H,16H2,1-2H3,(H,29,33). The molecule has 0 saturated heterocycles. The minimum atomic E-state index is -0.480. The molecule has 1 aliphatic heterocycles. The second-order valence-corrected chi connectivity index (χ2v) is 8.16. The predicted octanol–water partition coefficient (Wildman–Crippen LogP) is 5.58. The van der Waals surface area contributed by atoms with Gasteiger partial charge in [-0.3, -0.25) is 4.90 Å². The fraction of sp³-hybridized carbons (Fsp3) is 0.148. The van der Waals surface area contributed by atoms with Crippen LogP contribution in [-0.2, 0) is 6.54 Å². The van der Waals surface area contributed by atoms with E-state index in [1.54, 1.807) is 24.1 Å². The second kappa shape index (κ2) is 9.42. The van der Waals surface area contributed by atoms with E-state index in [1.807, 2.05) is 61.5 Å². The van der Waals surface area contributed by atoms with E-state index < -0.39 is 6.04 Å². The van der Waals surface area contributed by atoms with Crippen molar-refractivity contribution >= 4 is 11.6 Å². The van der Waals surface area contributed by atoms with Gasteiger partial charge in [0.05, 0.1) is 25.3 Å². The van der Waals surface area contributed by atoms with Crippen LogP contribution in [0.15, 0.2) is 89.1 Å². The van der Waals surface area contributed by atoms with E-state index in [1.165, 1.54) is 12.1 Å². The predicted molar refractivity (Wildman–Crippen MR) is 129 cm³/mol. The van der Waals surface area contributed by atoms with Crippen LogP contribution >= 0.6 is 0 Å². The molecular formula is C27H23FN4O3. The van der Waals surface area contributed by atoms with Gasteiger partial charge in [0.1, 0.15) is 11.6 Å². The van der Waals surface area contributed by atoms with Crippen molar-refractivity contribution in [2.45, 2.75) is 19.5 Å². The molecule has 1 unspecified atom stereocenters. The molecule has 0 saturated carbocycles. The smallest absolute Gasteiger partial charge is 0.322 e. The summed E-state index contributed by atoms with van der Waals surface area (Å²) in [6.45, 7) is 2.20. The number of nitrogens with one attached hydrogen (secondary N) is 1. The zero-order valence-electron chi connectivity index (χ0n) is 19.2. The molecule has 1 aromatic heterocycles. The van der Waals surface area contributed by atoms with Crippen LogP contribution in [0.25, 0.3) is 17.0 Å². The number of carbonyl (C=O) groups is 1. The van der Waals surface area contributed by atoms with E-state index in [9.17, 15) is 9.18 Å². The number of ether oxygens (including phenoxy) is 1. The number of allylic oxidation sites excluding steroid dienone is 1. The minimum absolute atomic E-state index is 0.235. The van der Waals surface area contributed by atoms with Crippen molar-refractivity contribution in [3.05, 3.63) is 107 Å². The first-order valence-corrected chi connectivity index (χ1v) is 11.1. The second-order valence-electron chi connectivity index (χ2n) is 8.16. The molecule has 7 nitrogen and oxygen atoms in total. The van der Waals surface area contributed by atoms with Gasteiger partial charge in [-0.05, 0) is 54.4 Å².